The van der Waals surface area contributed by atoms with Crippen LogP contribution in [0.1, 0.15) is 27.8 Å². The summed E-state index contributed by atoms with van der Waals surface area (Å²) in [6.45, 7) is 5.85. The molecule has 1 unspecified atom stereocenters. The maximum absolute atomic E-state index is 13.1. The van der Waals surface area contributed by atoms with Gasteiger partial charge in [-0.2, -0.15) is 5.10 Å². The number of hydrogen-bond acceptors (Lipinski definition) is 10. The molecule has 0 bridgehead atoms. The highest BCUT2D eigenvalue weighted by atomic mass is 16.5. The van der Waals surface area contributed by atoms with Gasteiger partial charge in [0.1, 0.15) is 22.5 Å². The van der Waals surface area contributed by atoms with Gasteiger partial charge in [-0.3, -0.25) is 4.79 Å². The molecule has 7 rings (SSSR count). The van der Waals surface area contributed by atoms with Crippen molar-refractivity contribution in [2.45, 2.75) is 12.7 Å². The molecule has 0 saturated carbocycles. The molecule has 2 aromatic heterocycles. The number of anilines is 3. The van der Waals surface area contributed by atoms with E-state index in [9.17, 15) is 9.59 Å². The second-order valence-corrected chi connectivity index (χ2v) is 11.5. The Balaban J connectivity index is 1.00. The molecule has 12 heteroatoms. The second-order valence-electron chi connectivity index (χ2n) is 11.5. The Kier molecular flexibility index (Phi) is 6.24. The summed E-state index contributed by atoms with van der Waals surface area (Å²) in [5, 5.41) is 11.1. The molecule has 4 aromatic rings. The van der Waals surface area contributed by atoms with E-state index in [4.69, 9.17) is 14.9 Å². The van der Waals surface area contributed by atoms with Gasteiger partial charge in [-0.1, -0.05) is 12.1 Å². The van der Waals surface area contributed by atoms with E-state index >= 15 is 0 Å². The Morgan fingerprint density at radius 2 is 1.98 bits per heavy atom. The highest BCUT2D eigenvalue weighted by molar-refractivity contribution is 6.07. The Hall–Kier alpha value is -4.68. The zero-order valence-corrected chi connectivity index (χ0v) is 23.5. The molecule has 3 aliphatic rings. The van der Waals surface area contributed by atoms with Gasteiger partial charge >= 0.3 is 5.63 Å². The molecule has 0 aliphatic carbocycles. The number of carbonyl (C=O) groups excluding carboxylic acids is 1. The van der Waals surface area contributed by atoms with E-state index < -0.39 is 11.9 Å². The Bertz CT molecular complexity index is 1760. The molecule has 1 atom stereocenters. The van der Waals surface area contributed by atoms with Gasteiger partial charge < -0.3 is 35.3 Å². The Morgan fingerprint density at radius 3 is 2.71 bits per heavy atom. The van der Waals surface area contributed by atoms with Crippen LogP contribution in [0.5, 0.6) is 5.75 Å². The van der Waals surface area contributed by atoms with E-state index in [1.165, 1.54) is 48.8 Å². The largest absolute Gasteiger partial charge is 0.497 e. The number of aliphatic imine (C=N–C) groups is 1. The molecule has 0 radical (unpaired) electrons. The van der Waals surface area contributed by atoms with Crippen molar-refractivity contribution in [1.82, 2.24) is 19.6 Å². The summed E-state index contributed by atoms with van der Waals surface area (Å²) in [4.78, 5) is 34.9. The third kappa shape index (κ3) is 4.68. The summed E-state index contributed by atoms with van der Waals surface area (Å²) in [5.74, 6) is 0.263. The van der Waals surface area contributed by atoms with Crippen molar-refractivity contribution in [2.24, 2.45) is 10.4 Å². The van der Waals surface area contributed by atoms with Crippen molar-refractivity contribution >= 4 is 40.3 Å². The number of methoxy groups -OCH3 is 1. The second kappa shape index (κ2) is 10.00. The summed E-state index contributed by atoms with van der Waals surface area (Å²) in [5.41, 5.74) is 9.50. The first kappa shape index (κ1) is 26.2. The van der Waals surface area contributed by atoms with E-state index in [1.54, 1.807) is 25.3 Å². The quantitative estimate of drug-likeness (QED) is 0.287. The van der Waals surface area contributed by atoms with E-state index in [0.717, 1.165) is 13.0 Å². The number of carbonyl (C=O) groups is 1. The van der Waals surface area contributed by atoms with Crippen LogP contribution in [0.4, 0.5) is 17.2 Å². The van der Waals surface area contributed by atoms with Crippen molar-refractivity contribution in [3.05, 3.63) is 75.8 Å². The molecule has 1 spiro atoms. The molecule has 4 N–H and O–H groups in total. The average Bonchev–Trinajstić information content (AvgIpc) is 3.35. The number of nitrogens with two attached hydrogens (primary N) is 1. The number of nitrogen functional groups attached to an aromatic ring is 1. The van der Waals surface area contributed by atoms with Gasteiger partial charge in [-0.15, -0.1) is 0 Å². The smallest absolute Gasteiger partial charge is 0.347 e. The third-order valence-corrected chi connectivity index (χ3v) is 8.28. The number of ether oxygens (including phenoxy) is 1. The fraction of sp³-hybridized carbons (Fsp3) is 0.333. The fourth-order valence-electron chi connectivity index (χ4n) is 6.35. The van der Waals surface area contributed by atoms with E-state index in [0.29, 0.717) is 39.1 Å². The molecule has 12 nitrogen and oxygen atoms in total. The zero-order valence-electron chi connectivity index (χ0n) is 23.5. The van der Waals surface area contributed by atoms with Gasteiger partial charge in [0.15, 0.2) is 5.82 Å². The Morgan fingerprint density at radius 1 is 1.19 bits per heavy atom. The summed E-state index contributed by atoms with van der Waals surface area (Å²) >= 11 is 0. The number of aromatic nitrogens is 2. The summed E-state index contributed by atoms with van der Waals surface area (Å²) in [6.07, 6.45) is 3.23. The van der Waals surface area contributed by atoms with Crippen LogP contribution in [0.25, 0.3) is 11.0 Å². The van der Waals surface area contributed by atoms with Gasteiger partial charge in [-0.05, 0) is 43.3 Å². The summed E-state index contributed by atoms with van der Waals surface area (Å²) < 4.78 is 12.1. The van der Waals surface area contributed by atoms with Gasteiger partial charge in [0.05, 0.1) is 12.8 Å². The number of amides is 1. The van der Waals surface area contributed by atoms with Gasteiger partial charge in [0.25, 0.3) is 5.91 Å². The molecule has 216 valence electrons. The van der Waals surface area contributed by atoms with Crippen molar-refractivity contribution in [1.29, 1.82) is 0 Å². The number of nitrogens with zero attached hydrogens (tertiary/aromatic N) is 5. The summed E-state index contributed by atoms with van der Waals surface area (Å²) in [7, 11) is 3.72. The van der Waals surface area contributed by atoms with Crippen molar-refractivity contribution in [2.75, 3.05) is 63.2 Å². The van der Waals surface area contributed by atoms with Crippen LogP contribution in [-0.4, -0.2) is 78.6 Å². The predicted octanol–water partition coefficient (Wildman–Crippen LogP) is 2.62. The van der Waals surface area contributed by atoms with Crippen LogP contribution in [0.2, 0.25) is 0 Å². The van der Waals surface area contributed by atoms with Crippen LogP contribution < -0.4 is 26.7 Å². The minimum atomic E-state index is -0.723. The van der Waals surface area contributed by atoms with E-state index in [-0.39, 0.29) is 17.3 Å². The fourth-order valence-corrected chi connectivity index (χ4v) is 6.35. The maximum Gasteiger partial charge on any atom is 0.347 e. The lowest BCUT2D eigenvalue weighted by molar-refractivity contribution is -0.103. The minimum absolute atomic E-state index is 0.0686. The number of benzene rings is 2. The monoisotopic (exact) mass is 568 g/mol. The average molecular weight is 569 g/mol. The molecular formula is C30H32N8O4. The SMILES string of the molecule is COc1ccc2c3c(c(=O)oc2c1)C=NC(n1cc(C(=O)Nc2ccc(CCN4CC5(CN(C)C5)C4)cc2)c(N)n1)N3. The molecule has 1 amide bonds. The van der Waals surface area contributed by atoms with Crippen LogP contribution in [0, 0.1) is 5.41 Å². The lowest BCUT2D eigenvalue weighted by Gasteiger charge is -2.59. The standard InChI is InChI=1S/C30H32N8O4/c1-36-14-30(15-36)16-37(17-30)10-9-18-3-5-19(6-4-18)33-27(39)23-13-38(35-26(23)31)29-32-12-22-25(34-29)21-8-7-20(41-2)11-24(21)42-28(22)40/h3-8,11-13,29,34H,9-10,14-17H2,1-2H3,(H2,31,35)(H,33,39). The molecule has 5 heterocycles. The van der Waals surface area contributed by atoms with Crippen LogP contribution in [0.15, 0.2) is 62.9 Å². The molecule has 3 aliphatic heterocycles. The van der Waals surface area contributed by atoms with Crippen LogP contribution in [-0.2, 0) is 6.42 Å². The highest BCUT2D eigenvalue weighted by Crippen LogP contribution is 2.38. The maximum atomic E-state index is 13.1. The topological polar surface area (TPSA) is 143 Å². The molecular weight excluding hydrogens is 536 g/mol. The lowest BCUT2D eigenvalue weighted by atomic mass is 9.73. The molecule has 2 saturated heterocycles. The van der Waals surface area contributed by atoms with Crippen molar-refractivity contribution < 1.29 is 13.9 Å². The molecule has 42 heavy (non-hydrogen) atoms. The molecule has 2 aromatic carbocycles. The number of likely N-dealkylation sites (tertiary alicyclic amines) is 2. The van der Waals surface area contributed by atoms with E-state index in [1.807, 2.05) is 24.3 Å². The Labute approximate surface area is 241 Å². The normalized spacial score (nSPS) is 19.1. The zero-order chi connectivity index (χ0) is 29.0. The minimum Gasteiger partial charge on any atom is -0.497 e. The van der Waals surface area contributed by atoms with Gasteiger partial charge in [-0.25, -0.2) is 14.5 Å². The van der Waals surface area contributed by atoms with Crippen molar-refractivity contribution in [3.63, 3.8) is 0 Å². The first-order valence-corrected chi connectivity index (χ1v) is 13.9. The van der Waals surface area contributed by atoms with Gasteiger partial charge in [0.2, 0.25) is 6.29 Å². The third-order valence-electron chi connectivity index (χ3n) is 8.28. The number of nitrogens with one attached hydrogen (secondary N) is 2. The van der Waals surface area contributed by atoms with Crippen molar-refractivity contribution in [3.8, 4) is 5.75 Å². The number of hydrogen-bond donors (Lipinski definition) is 3. The lowest BCUT2D eigenvalue weighted by Crippen LogP contribution is -2.71. The highest BCUT2D eigenvalue weighted by Gasteiger charge is 2.49. The van der Waals surface area contributed by atoms with Gasteiger partial charge in [0, 0.05) is 67.7 Å². The first-order chi connectivity index (χ1) is 20.3. The van der Waals surface area contributed by atoms with E-state index in [2.05, 4.69) is 37.6 Å². The first-order valence-electron chi connectivity index (χ1n) is 13.9. The number of fused-ring (bicyclic) bond motifs is 3. The van der Waals surface area contributed by atoms with Crippen LogP contribution in [0.3, 0.4) is 0 Å². The van der Waals surface area contributed by atoms with Crippen LogP contribution >= 0.6 is 0 Å². The molecule has 2 fully saturated rings. The predicted molar refractivity (Wildman–Crippen MR) is 160 cm³/mol. The summed E-state index contributed by atoms with van der Waals surface area (Å²) in [6, 6.07) is 13.1. The number of rotatable bonds is 7.